The molecule has 0 fully saturated rings. The first-order valence-corrected chi connectivity index (χ1v) is 9.75. The molecule has 0 saturated carbocycles. The third-order valence-corrected chi connectivity index (χ3v) is 5.65. The van der Waals surface area contributed by atoms with Crippen LogP contribution in [0.3, 0.4) is 0 Å². The van der Waals surface area contributed by atoms with E-state index in [1.54, 1.807) is 30.5 Å². The number of nitrogens with one attached hydrogen (secondary N) is 2. The molecular weight excluding hydrogens is 350 g/mol. The van der Waals surface area contributed by atoms with E-state index in [1.807, 2.05) is 42.8 Å². The number of para-hydroxylation sites is 1. The Labute approximate surface area is 152 Å². The number of carbonyl (C=O) groups excluding carboxylic acids is 1. The van der Waals surface area contributed by atoms with E-state index < -0.39 is 10.0 Å². The summed E-state index contributed by atoms with van der Waals surface area (Å²) in [6.45, 7) is 2.21. The van der Waals surface area contributed by atoms with Crippen molar-refractivity contribution in [3.63, 3.8) is 0 Å². The zero-order valence-electron chi connectivity index (χ0n) is 14.7. The minimum atomic E-state index is -3.58. The predicted octanol–water partition coefficient (Wildman–Crippen LogP) is 2.20. The van der Waals surface area contributed by atoms with E-state index in [9.17, 15) is 13.2 Å². The fourth-order valence-electron chi connectivity index (χ4n) is 2.78. The average Bonchev–Trinajstić information content (AvgIpc) is 2.96. The topological polar surface area (TPSA) is 80.2 Å². The highest BCUT2D eigenvalue weighted by Gasteiger charge is 2.15. The minimum absolute atomic E-state index is 0.118. The molecule has 0 aliphatic carbocycles. The lowest BCUT2D eigenvalue weighted by molar-refractivity contribution is 0.0956. The van der Waals surface area contributed by atoms with Crippen molar-refractivity contribution in [2.45, 2.75) is 11.8 Å². The molecule has 1 amide bonds. The third-order valence-electron chi connectivity index (χ3n) is 4.18. The Bertz CT molecular complexity index is 1040. The molecule has 0 bridgehead atoms. The van der Waals surface area contributed by atoms with Crippen LogP contribution in [0.5, 0.6) is 0 Å². The van der Waals surface area contributed by atoms with Gasteiger partial charge in [-0.2, -0.15) is 0 Å². The van der Waals surface area contributed by atoms with Gasteiger partial charge in [0.05, 0.1) is 10.5 Å². The molecule has 0 unspecified atom stereocenters. The second-order valence-electron chi connectivity index (χ2n) is 6.14. The summed E-state index contributed by atoms with van der Waals surface area (Å²) in [7, 11) is -1.69. The highest BCUT2D eigenvalue weighted by Crippen LogP contribution is 2.19. The summed E-state index contributed by atoms with van der Waals surface area (Å²) in [5.41, 5.74) is 2.54. The second kappa shape index (κ2) is 7.31. The number of carbonyl (C=O) groups is 1. The Morgan fingerprint density at radius 1 is 1.04 bits per heavy atom. The zero-order valence-corrected chi connectivity index (χ0v) is 15.5. The number of sulfonamides is 1. The van der Waals surface area contributed by atoms with Gasteiger partial charge in [0.1, 0.15) is 0 Å². The van der Waals surface area contributed by atoms with Gasteiger partial charge in [-0.3, -0.25) is 4.79 Å². The van der Waals surface area contributed by atoms with Crippen molar-refractivity contribution >= 4 is 26.8 Å². The van der Waals surface area contributed by atoms with Crippen LogP contribution in [-0.2, 0) is 17.1 Å². The Hall–Kier alpha value is -2.64. The van der Waals surface area contributed by atoms with Crippen molar-refractivity contribution in [3.05, 3.63) is 65.9 Å². The van der Waals surface area contributed by atoms with Gasteiger partial charge in [-0.25, -0.2) is 13.1 Å². The van der Waals surface area contributed by atoms with Crippen LogP contribution in [0.15, 0.2) is 59.6 Å². The number of benzene rings is 2. The highest BCUT2D eigenvalue weighted by molar-refractivity contribution is 7.89. The molecule has 1 heterocycles. The maximum atomic E-state index is 12.4. The van der Waals surface area contributed by atoms with Crippen LogP contribution in [0.2, 0.25) is 0 Å². The van der Waals surface area contributed by atoms with Crippen LogP contribution in [0.25, 0.3) is 10.9 Å². The van der Waals surface area contributed by atoms with Crippen molar-refractivity contribution in [1.29, 1.82) is 0 Å². The largest absolute Gasteiger partial charge is 0.351 e. The lowest BCUT2D eigenvalue weighted by Gasteiger charge is -2.08. The Kier molecular flexibility index (Phi) is 5.11. The van der Waals surface area contributed by atoms with Crippen LogP contribution >= 0.6 is 0 Å². The average molecular weight is 371 g/mol. The fraction of sp³-hybridized carbons (Fsp3) is 0.211. The summed E-state index contributed by atoms with van der Waals surface area (Å²) >= 11 is 0. The monoisotopic (exact) mass is 371 g/mol. The third kappa shape index (κ3) is 3.79. The molecule has 0 spiro atoms. The van der Waals surface area contributed by atoms with E-state index in [0.29, 0.717) is 5.56 Å². The van der Waals surface area contributed by atoms with E-state index in [4.69, 9.17) is 0 Å². The molecule has 0 aliphatic heterocycles. The van der Waals surface area contributed by atoms with Crippen LogP contribution in [0.1, 0.15) is 15.9 Å². The summed E-state index contributed by atoms with van der Waals surface area (Å²) in [6.07, 6.45) is 1.77. The molecule has 7 heteroatoms. The second-order valence-corrected chi connectivity index (χ2v) is 7.90. The molecule has 136 valence electrons. The van der Waals surface area contributed by atoms with Crippen LogP contribution in [0.4, 0.5) is 0 Å². The van der Waals surface area contributed by atoms with Gasteiger partial charge in [0.2, 0.25) is 10.0 Å². The van der Waals surface area contributed by atoms with Crippen molar-refractivity contribution < 1.29 is 13.2 Å². The maximum absolute atomic E-state index is 12.4. The van der Waals surface area contributed by atoms with E-state index >= 15 is 0 Å². The van der Waals surface area contributed by atoms with Crippen molar-refractivity contribution in [3.8, 4) is 0 Å². The highest BCUT2D eigenvalue weighted by atomic mass is 32.2. The lowest BCUT2D eigenvalue weighted by atomic mass is 10.1. The van der Waals surface area contributed by atoms with Gasteiger partial charge in [-0.05, 0) is 25.1 Å². The number of aromatic nitrogens is 1. The molecule has 0 radical (unpaired) electrons. The maximum Gasteiger partial charge on any atom is 0.253 e. The fourth-order valence-corrected chi connectivity index (χ4v) is 3.81. The first kappa shape index (κ1) is 18.2. The first-order valence-electron chi connectivity index (χ1n) is 8.27. The van der Waals surface area contributed by atoms with Gasteiger partial charge in [0.25, 0.3) is 5.91 Å². The quantitative estimate of drug-likeness (QED) is 0.652. The van der Waals surface area contributed by atoms with Crippen LogP contribution < -0.4 is 10.0 Å². The SMILES string of the molecule is Cc1ccc(S(=O)(=O)NCCNC(=O)c2cn(C)c3ccccc23)cc1. The Morgan fingerprint density at radius 3 is 2.46 bits per heavy atom. The standard InChI is InChI=1S/C19H21N3O3S/c1-14-7-9-15(10-8-14)26(24,25)21-12-11-20-19(23)17-13-22(2)18-6-4-3-5-16(17)18/h3-10,13,21H,11-12H2,1-2H3,(H,20,23). The molecule has 3 aromatic rings. The summed E-state index contributed by atoms with van der Waals surface area (Å²) in [5.74, 6) is -0.226. The number of amides is 1. The summed E-state index contributed by atoms with van der Waals surface area (Å²) in [5, 5.41) is 3.63. The summed E-state index contributed by atoms with van der Waals surface area (Å²) in [4.78, 5) is 12.6. The van der Waals surface area contributed by atoms with E-state index in [-0.39, 0.29) is 23.9 Å². The van der Waals surface area contributed by atoms with E-state index in [1.165, 1.54) is 0 Å². The molecule has 2 aromatic carbocycles. The molecule has 1 aromatic heterocycles. The number of fused-ring (bicyclic) bond motifs is 1. The molecule has 0 aliphatic rings. The molecule has 3 rings (SSSR count). The molecule has 6 nitrogen and oxygen atoms in total. The molecular formula is C19H21N3O3S. The minimum Gasteiger partial charge on any atom is -0.351 e. The zero-order chi connectivity index (χ0) is 18.7. The normalized spacial score (nSPS) is 11.6. The Balaban J connectivity index is 1.59. The molecule has 2 N–H and O–H groups in total. The number of rotatable bonds is 6. The van der Waals surface area contributed by atoms with Gasteiger partial charge >= 0.3 is 0 Å². The number of aryl methyl sites for hydroxylation is 2. The van der Waals surface area contributed by atoms with Crippen molar-refractivity contribution in [2.75, 3.05) is 13.1 Å². The van der Waals surface area contributed by atoms with Crippen molar-refractivity contribution in [1.82, 2.24) is 14.6 Å². The van der Waals surface area contributed by atoms with Gasteiger partial charge in [0, 0.05) is 37.2 Å². The predicted molar refractivity (Wildman–Crippen MR) is 102 cm³/mol. The summed E-state index contributed by atoms with van der Waals surface area (Å²) < 4.78 is 28.8. The van der Waals surface area contributed by atoms with Gasteiger partial charge < -0.3 is 9.88 Å². The van der Waals surface area contributed by atoms with Gasteiger partial charge in [-0.1, -0.05) is 35.9 Å². The van der Waals surface area contributed by atoms with Gasteiger partial charge in [0.15, 0.2) is 0 Å². The van der Waals surface area contributed by atoms with Crippen LogP contribution in [0, 0.1) is 6.92 Å². The molecule has 0 atom stereocenters. The molecule has 0 saturated heterocycles. The summed E-state index contributed by atoms with van der Waals surface area (Å²) in [6, 6.07) is 14.3. The number of hydrogen-bond donors (Lipinski definition) is 2. The van der Waals surface area contributed by atoms with Crippen molar-refractivity contribution in [2.24, 2.45) is 7.05 Å². The number of hydrogen-bond acceptors (Lipinski definition) is 3. The first-order chi connectivity index (χ1) is 12.4. The number of nitrogens with zero attached hydrogens (tertiary/aromatic N) is 1. The molecule has 26 heavy (non-hydrogen) atoms. The smallest absolute Gasteiger partial charge is 0.253 e. The van der Waals surface area contributed by atoms with E-state index in [2.05, 4.69) is 10.0 Å². The lowest BCUT2D eigenvalue weighted by Crippen LogP contribution is -2.34. The van der Waals surface area contributed by atoms with E-state index in [0.717, 1.165) is 16.5 Å². The Morgan fingerprint density at radius 2 is 1.73 bits per heavy atom. The van der Waals surface area contributed by atoms with Crippen LogP contribution in [-0.4, -0.2) is 32.0 Å². The van der Waals surface area contributed by atoms with Gasteiger partial charge in [-0.15, -0.1) is 0 Å².